The van der Waals surface area contributed by atoms with E-state index in [4.69, 9.17) is 5.73 Å². The van der Waals surface area contributed by atoms with E-state index in [2.05, 4.69) is 24.4 Å². The van der Waals surface area contributed by atoms with Gasteiger partial charge in [-0.15, -0.1) is 0 Å². The summed E-state index contributed by atoms with van der Waals surface area (Å²) < 4.78 is 0. The number of primary amides is 1. The first-order valence-corrected chi connectivity index (χ1v) is 7.65. The van der Waals surface area contributed by atoms with E-state index < -0.39 is 5.91 Å². The summed E-state index contributed by atoms with van der Waals surface area (Å²) in [4.78, 5) is 24.9. The molecule has 0 fully saturated rings. The van der Waals surface area contributed by atoms with Gasteiger partial charge in [0.25, 0.3) is 0 Å². The predicted octanol–water partition coefficient (Wildman–Crippen LogP) is 1.24. The second-order valence-corrected chi connectivity index (χ2v) is 6.06. The Balaban J connectivity index is 2.53. The van der Waals surface area contributed by atoms with Crippen LogP contribution in [0.4, 0.5) is 0 Å². The Labute approximate surface area is 132 Å². The number of amides is 2. The third-order valence-corrected chi connectivity index (χ3v) is 3.63. The number of aryl methyl sites for hydroxylation is 1. The van der Waals surface area contributed by atoms with Gasteiger partial charge < -0.3 is 11.1 Å². The number of nitrogens with zero attached hydrogens (tertiary/aromatic N) is 1. The highest BCUT2D eigenvalue weighted by atomic mass is 16.2. The van der Waals surface area contributed by atoms with Crippen LogP contribution in [0.3, 0.4) is 0 Å². The molecule has 0 aliphatic carbocycles. The summed E-state index contributed by atoms with van der Waals surface area (Å²) in [7, 11) is 0. The molecule has 0 saturated heterocycles. The maximum absolute atomic E-state index is 12.1. The van der Waals surface area contributed by atoms with Crippen LogP contribution in [-0.2, 0) is 16.0 Å². The van der Waals surface area contributed by atoms with Crippen LogP contribution < -0.4 is 11.1 Å². The quantitative estimate of drug-likeness (QED) is 0.758. The Kier molecular flexibility index (Phi) is 7.05. The molecule has 0 spiro atoms. The molecule has 1 unspecified atom stereocenters. The van der Waals surface area contributed by atoms with E-state index in [1.54, 1.807) is 4.90 Å². The molecule has 0 aliphatic rings. The number of benzene rings is 1. The second-order valence-electron chi connectivity index (χ2n) is 6.06. The van der Waals surface area contributed by atoms with Crippen molar-refractivity contribution in [3.8, 4) is 0 Å². The van der Waals surface area contributed by atoms with Gasteiger partial charge in [-0.05, 0) is 45.2 Å². The number of rotatable bonds is 8. The molecule has 1 aromatic carbocycles. The fourth-order valence-electron chi connectivity index (χ4n) is 2.35. The van der Waals surface area contributed by atoms with Crippen molar-refractivity contribution in [1.82, 2.24) is 10.2 Å². The van der Waals surface area contributed by atoms with Crippen LogP contribution in [-0.4, -0.2) is 41.9 Å². The Morgan fingerprint density at radius 1 is 1.18 bits per heavy atom. The molecule has 1 aromatic rings. The number of hydrogen-bond donors (Lipinski definition) is 2. The van der Waals surface area contributed by atoms with Gasteiger partial charge in [-0.3, -0.25) is 14.5 Å². The first kappa shape index (κ1) is 18.2. The smallest absolute Gasteiger partial charge is 0.234 e. The molecule has 3 N–H and O–H groups in total. The van der Waals surface area contributed by atoms with E-state index >= 15 is 0 Å². The van der Waals surface area contributed by atoms with Crippen LogP contribution in [0.5, 0.6) is 0 Å². The van der Waals surface area contributed by atoms with E-state index in [1.165, 1.54) is 11.1 Å². The molecule has 0 aromatic heterocycles. The van der Waals surface area contributed by atoms with Crippen molar-refractivity contribution >= 4 is 11.8 Å². The topological polar surface area (TPSA) is 75.4 Å². The average molecular weight is 305 g/mol. The minimum Gasteiger partial charge on any atom is -0.369 e. The third kappa shape index (κ3) is 6.26. The van der Waals surface area contributed by atoms with Crippen molar-refractivity contribution in [3.05, 3.63) is 35.4 Å². The molecule has 0 heterocycles. The van der Waals surface area contributed by atoms with Gasteiger partial charge in [0.1, 0.15) is 0 Å². The first-order valence-electron chi connectivity index (χ1n) is 7.65. The van der Waals surface area contributed by atoms with Gasteiger partial charge in [-0.25, -0.2) is 0 Å². The van der Waals surface area contributed by atoms with Crippen LogP contribution in [0.25, 0.3) is 0 Å². The van der Waals surface area contributed by atoms with Crippen LogP contribution >= 0.6 is 0 Å². The van der Waals surface area contributed by atoms with Gasteiger partial charge in [0.2, 0.25) is 11.8 Å². The molecule has 0 radical (unpaired) electrons. The van der Waals surface area contributed by atoms with Crippen molar-refractivity contribution in [3.63, 3.8) is 0 Å². The molecule has 0 aliphatic heterocycles. The lowest BCUT2D eigenvalue weighted by Gasteiger charge is -2.25. The molecular formula is C17H27N3O2. The highest BCUT2D eigenvalue weighted by Gasteiger charge is 2.17. The van der Waals surface area contributed by atoms with Gasteiger partial charge >= 0.3 is 0 Å². The maximum Gasteiger partial charge on any atom is 0.234 e. The third-order valence-electron chi connectivity index (χ3n) is 3.63. The molecule has 1 atom stereocenters. The Hall–Kier alpha value is -1.88. The molecule has 0 bridgehead atoms. The molecule has 5 heteroatoms. The van der Waals surface area contributed by atoms with Crippen molar-refractivity contribution in [2.45, 2.75) is 46.2 Å². The Morgan fingerprint density at radius 3 is 2.36 bits per heavy atom. The number of carbonyl (C=O) groups excluding carboxylic acids is 2. The van der Waals surface area contributed by atoms with E-state index in [-0.39, 0.29) is 31.1 Å². The van der Waals surface area contributed by atoms with E-state index in [0.29, 0.717) is 0 Å². The number of carbonyl (C=O) groups is 2. The van der Waals surface area contributed by atoms with E-state index in [9.17, 15) is 9.59 Å². The largest absolute Gasteiger partial charge is 0.369 e. The summed E-state index contributed by atoms with van der Waals surface area (Å²) in [6.07, 6.45) is 0.788. The lowest BCUT2D eigenvalue weighted by atomic mass is 10.0. The zero-order chi connectivity index (χ0) is 16.7. The fourth-order valence-corrected chi connectivity index (χ4v) is 2.35. The van der Waals surface area contributed by atoms with Crippen molar-refractivity contribution in [1.29, 1.82) is 0 Å². The minimum absolute atomic E-state index is 0.0381. The van der Waals surface area contributed by atoms with Crippen molar-refractivity contribution < 1.29 is 9.59 Å². The zero-order valence-electron chi connectivity index (χ0n) is 13.9. The van der Waals surface area contributed by atoms with Crippen LogP contribution in [0.1, 0.15) is 31.9 Å². The number of nitrogens with one attached hydrogen (secondary N) is 1. The first-order chi connectivity index (χ1) is 10.3. The van der Waals surface area contributed by atoms with Gasteiger partial charge in [0.05, 0.1) is 13.1 Å². The summed E-state index contributed by atoms with van der Waals surface area (Å²) in [6.45, 7) is 8.20. The normalized spacial score (nSPS) is 12.5. The van der Waals surface area contributed by atoms with Crippen LogP contribution in [0, 0.1) is 6.92 Å². The monoisotopic (exact) mass is 305 g/mol. The van der Waals surface area contributed by atoms with Gasteiger partial charge in [-0.2, -0.15) is 0 Å². The minimum atomic E-state index is -0.422. The van der Waals surface area contributed by atoms with Gasteiger partial charge in [0.15, 0.2) is 0 Å². The lowest BCUT2D eigenvalue weighted by molar-refractivity contribution is -0.125. The highest BCUT2D eigenvalue weighted by molar-refractivity contribution is 5.80. The summed E-state index contributed by atoms with van der Waals surface area (Å²) in [5.74, 6) is -0.509. The summed E-state index contributed by atoms with van der Waals surface area (Å²) in [6, 6.07) is 8.28. The predicted molar refractivity (Wildman–Crippen MR) is 88.4 cm³/mol. The zero-order valence-corrected chi connectivity index (χ0v) is 13.9. The molecule has 5 nitrogen and oxygen atoms in total. The van der Waals surface area contributed by atoms with Crippen LogP contribution in [0.15, 0.2) is 24.3 Å². The van der Waals surface area contributed by atoms with Gasteiger partial charge in [-0.1, -0.05) is 24.3 Å². The molecule has 2 amide bonds. The number of hydrogen-bond acceptors (Lipinski definition) is 3. The van der Waals surface area contributed by atoms with E-state index in [1.807, 2.05) is 32.9 Å². The Bertz CT molecular complexity index is 514. The molecular weight excluding hydrogens is 278 g/mol. The molecule has 0 saturated carbocycles. The summed E-state index contributed by atoms with van der Waals surface area (Å²) >= 11 is 0. The Morgan fingerprint density at radius 2 is 1.82 bits per heavy atom. The summed E-state index contributed by atoms with van der Waals surface area (Å²) in [5.41, 5.74) is 7.67. The number of nitrogens with two attached hydrogens (primary N) is 1. The molecule has 122 valence electrons. The van der Waals surface area contributed by atoms with E-state index in [0.717, 1.165) is 6.42 Å². The highest BCUT2D eigenvalue weighted by Crippen LogP contribution is 2.09. The molecule has 22 heavy (non-hydrogen) atoms. The standard InChI is InChI=1S/C17H27N3O2/c1-12(2)20(10-16(18)21)11-17(22)19-14(4)9-15-8-6-5-7-13(15)3/h5-8,12,14H,9-11H2,1-4H3,(H2,18,21)(H,19,22). The average Bonchev–Trinajstić information content (AvgIpc) is 2.39. The van der Waals surface area contributed by atoms with Gasteiger partial charge in [0, 0.05) is 12.1 Å². The lowest BCUT2D eigenvalue weighted by Crippen LogP contribution is -2.46. The second kappa shape index (κ2) is 8.54. The maximum atomic E-state index is 12.1. The van der Waals surface area contributed by atoms with Crippen molar-refractivity contribution in [2.75, 3.05) is 13.1 Å². The fraction of sp³-hybridized carbons (Fsp3) is 0.529. The van der Waals surface area contributed by atoms with Crippen molar-refractivity contribution in [2.24, 2.45) is 5.73 Å². The molecule has 1 rings (SSSR count). The summed E-state index contributed by atoms with van der Waals surface area (Å²) in [5, 5.41) is 2.98. The van der Waals surface area contributed by atoms with Crippen LogP contribution in [0.2, 0.25) is 0 Å². The SMILES string of the molecule is Cc1ccccc1CC(C)NC(=O)CN(CC(N)=O)C(C)C.